The zero-order chi connectivity index (χ0) is 13.1. The van der Waals surface area contributed by atoms with Crippen molar-refractivity contribution in [2.75, 3.05) is 14.2 Å². The predicted octanol–water partition coefficient (Wildman–Crippen LogP) is 3.16. The maximum absolute atomic E-state index is 10.8. The predicted molar refractivity (Wildman–Crippen MR) is 71.5 cm³/mol. The lowest BCUT2D eigenvalue weighted by atomic mass is 9.98. The van der Waals surface area contributed by atoms with E-state index in [4.69, 9.17) is 9.47 Å². The van der Waals surface area contributed by atoms with Crippen molar-refractivity contribution < 1.29 is 14.3 Å². The third-order valence-corrected chi connectivity index (χ3v) is 3.10. The normalized spacial score (nSPS) is 12.2. The van der Waals surface area contributed by atoms with Crippen LogP contribution < -0.4 is 9.47 Å². The van der Waals surface area contributed by atoms with Gasteiger partial charge in [-0.1, -0.05) is 25.1 Å². The number of methoxy groups -OCH3 is 2. The summed E-state index contributed by atoms with van der Waals surface area (Å²) in [6.45, 7) is 1.88. The van der Waals surface area contributed by atoms with Gasteiger partial charge in [0.05, 0.1) is 14.2 Å². The van der Waals surface area contributed by atoms with E-state index in [2.05, 4.69) is 0 Å². The highest BCUT2D eigenvalue weighted by molar-refractivity contribution is 5.87. The van der Waals surface area contributed by atoms with E-state index in [0.29, 0.717) is 11.5 Å². The molecule has 0 aliphatic rings. The molecule has 3 nitrogen and oxygen atoms in total. The second kappa shape index (κ2) is 5.08. The van der Waals surface area contributed by atoms with Crippen LogP contribution in [0, 0.1) is 0 Å². The summed E-state index contributed by atoms with van der Waals surface area (Å²) >= 11 is 0. The van der Waals surface area contributed by atoms with E-state index in [1.54, 1.807) is 14.2 Å². The molecule has 0 N–H and O–H groups in total. The van der Waals surface area contributed by atoms with E-state index in [0.717, 1.165) is 22.6 Å². The van der Waals surface area contributed by atoms with Crippen LogP contribution in [0.15, 0.2) is 30.3 Å². The lowest BCUT2D eigenvalue weighted by molar-refractivity contribution is -0.108. The lowest BCUT2D eigenvalue weighted by Gasteiger charge is -2.11. The lowest BCUT2D eigenvalue weighted by Crippen LogP contribution is -1.95. The number of hydrogen-bond donors (Lipinski definition) is 0. The molecule has 0 heterocycles. The molecule has 2 aromatic carbocycles. The minimum atomic E-state index is -0.0949. The number of ether oxygens (including phenoxy) is 2. The van der Waals surface area contributed by atoms with E-state index in [9.17, 15) is 4.79 Å². The molecule has 3 heteroatoms. The average molecular weight is 244 g/mol. The first-order chi connectivity index (χ1) is 8.69. The number of aldehydes is 1. The Morgan fingerprint density at radius 2 is 1.61 bits per heavy atom. The zero-order valence-electron chi connectivity index (χ0n) is 10.8. The Morgan fingerprint density at radius 1 is 1.00 bits per heavy atom. The molecule has 2 aromatic rings. The molecule has 0 aromatic heterocycles. The summed E-state index contributed by atoms with van der Waals surface area (Å²) in [5.74, 6) is 1.31. The Bertz CT molecular complexity index is 575. The largest absolute Gasteiger partial charge is 0.493 e. The van der Waals surface area contributed by atoms with E-state index >= 15 is 0 Å². The smallest absolute Gasteiger partial charge is 0.161 e. The monoisotopic (exact) mass is 244 g/mol. The molecule has 0 saturated carbocycles. The second-order valence-electron chi connectivity index (χ2n) is 4.24. The molecule has 0 aliphatic heterocycles. The molecule has 2 rings (SSSR count). The minimum absolute atomic E-state index is 0.0949. The van der Waals surface area contributed by atoms with Crippen LogP contribution >= 0.6 is 0 Å². The third kappa shape index (κ3) is 2.16. The fraction of sp³-hybridized carbons (Fsp3) is 0.267. The van der Waals surface area contributed by atoms with Crippen molar-refractivity contribution in [2.24, 2.45) is 0 Å². The number of rotatable bonds is 4. The summed E-state index contributed by atoms with van der Waals surface area (Å²) < 4.78 is 10.5. The standard InChI is InChI=1S/C15H16O3/c1-10(9-16)11-4-5-12-7-14(17-2)15(18-3)8-13(12)6-11/h4-10H,1-3H3. The first-order valence-electron chi connectivity index (χ1n) is 5.80. The Morgan fingerprint density at radius 3 is 2.17 bits per heavy atom. The Labute approximate surface area is 106 Å². The summed E-state index contributed by atoms with van der Waals surface area (Å²) in [5, 5.41) is 2.10. The van der Waals surface area contributed by atoms with Gasteiger partial charge >= 0.3 is 0 Å². The highest BCUT2D eigenvalue weighted by Crippen LogP contribution is 2.33. The van der Waals surface area contributed by atoms with Crippen LogP contribution in [0.25, 0.3) is 10.8 Å². The van der Waals surface area contributed by atoms with Gasteiger partial charge in [0.2, 0.25) is 0 Å². The first-order valence-corrected chi connectivity index (χ1v) is 5.80. The van der Waals surface area contributed by atoms with Gasteiger partial charge in [0, 0.05) is 5.92 Å². The van der Waals surface area contributed by atoms with Gasteiger partial charge in [-0.15, -0.1) is 0 Å². The average Bonchev–Trinajstić information content (AvgIpc) is 2.44. The molecule has 18 heavy (non-hydrogen) atoms. The number of hydrogen-bond acceptors (Lipinski definition) is 3. The number of carbonyl (C=O) groups is 1. The maximum atomic E-state index is 10.8. The Kier molecular flexibility index (Phi) is 3.51. The maximum Gasteiger partial charge on any atom is 0.161 e. The fourth-order valence-corrected chi connectivity index (χ4v) is 1.96. The van der Waals surface area contributed by atoms with Crippen LogP contribution in [0.5, 0.6) is 11.5 Å². The van der Waals surface area contributed by atoms with Gasteiger partial charge < -0.3 is 14.3 Å². The van der Waals surface area contributed by atoms with Gasteiger partial charge in [0.1, 0.15) is 6.29 Å². The Balaban J connectivity index is 2.59. The summed E-state index contributed by atoms with van der Waals surface area (Å²) in [5.41, 5.74) is 1.00. The summed E-state index contributed by atoms with van der Waals surface area (Å²) in [6, 6.07) is 9.83. The molecule has 0 radical (unpaired) electrons. The SMILES string of the molecule is COc1cc2ccc(C(C)C=O)cc2cc1OC. The van der Waals surface area contributed by atoms with Crippen molar-refractivity contribution in [2.45, 2.75) is 12.8 Å². The van der Waals surface area contributed by atoms with Gasteiger partial charge in [-0.25, -0.2) is 0 Å². The molecule has 94 valence electrons. The molecular weight excluding hydrogens is 228 g/mol. The van der Waals surface area contributed by atoms with Gasteiger partial charge in [0.25, 0.3) is 0 Å². The molecule has 0 saturated heterocycles. The fourth-order valence-electron chi connectivity index (χ4n) is 1.96. The van der Waals surface area contributed by atoms with Crippen molar-refractivity contribution >= 4 is 17.1 Å². The Hall–Kier alpha value is -2.03. The summed E-state index contributed by atoms with van der Waals surface area (Å²) in [6.07, 6.45) is 0.946. The molecule has 0 bridgehead atoms. The third-order valence-electron chi connectivity index (χ3n) is 3.10. The van der Waals surface area contributed by atoms with Crippen molar-refractivity contribution in [3.63, 3.8) is 0 Å². The van der Waals surface area contributed by atoms with Crippen molar-refractivity contribution in [3.05, 3.63) is 35.9 Å². The van der Waals surface area contributed by atoms with Crippen LogP contribution in [0.4, 0.5) is 0 Å². The first kappa shape index (κ1) is 12.4. The van der Waals surface area contributed by atoms with Crippen molar-refractivity contribution in [1.29, 1.82) is 0 Å². The molecular formula is C15H16O3. The van der Waals surface area contributed by atoms with Crippen LogP contribution in [-0.4, -0.2) is 20.5 Å². The number of fused-ring (bicyclic) bond motifs is 1. The van der Waals surface area contributed by atoms with Gasteiger partial charge in [-0.3, -0.25) is 0 Å². The second-order valence-corrected chi connectivity index (χ2v) is 4.24. The van der Waals surface area contributed by atoms with E-state index in [-0.39, 0.29) is 5.92 Å². The molecule has 0 fully saturated rings. The highest BCUT2D eigenvalue weighted by atomic mass is 16.5. The topological polar surface area (TPSA) is 35.5 Å². The van der Waals surface area contributed by atoms with Crippen molar-refractivity contribution in [3.8, 4) is 11.5 Å². The summed E-state index contributed by atoms with van der Waals surface area (Å²) in [4.78, 5) is 10.8. The van der Waals surface area contributed by atoms with Crippen LogP contribution in [0.1, 0.15) is 18.4 Å². The summed E-state index contributed by atoms with van der Waals surface area (Å²) in [7, 11) is 3.23. The van der Waals surface area contributed by atoms with Crippen molar-refractivity contribution in [1.82, 2.24) is 0 Å². The van der Waals surface area contributed by atoms with Crippen LogP contribution in [0.3, 0.4) is 0 Å². The van der Waals surface area contributed by atoms with Gasteiger partial charge in [-0.2, -0.15) is 0 Å². The van der Waals surface area contributed by atoms with Crippen LogP contribution in [0.2, 0.25) is 0 Å². The van der Waals surface area contributed by atoms with Crippen LogP contribution in [-0.2, 0) is 4.79 Å². The van der Waals surface area contributed by atoms with E-state index in [1.165, 1.54) is 0 Å². The van der Waals surface area contributed by atoms with E-state index in [1.807, 2.05) is 37.3 Å². The number of carbonyl (C=O) groups excluding carboxylic acids is 1. The zero-order valence-corrected chi connectivity index (χ0v) is 10.8. The van der Waals surface area contributed by atoms with E-state index < -0.39 is 0 Å². The molecule has 0 amide bonds. The molecule has 0 spiro atoms. The number of benzene rings is 2. The van der Waals surface area contributed by atoms with Gasteiger partial charge in [0.15, 0.2) is 11.5 Å². The minimum Gasteiger partial charge on any atom is -0.493 e. The quantitative estimate of drug-likeness (QED) is 0.775. The highest BCUT2D eigenvalue weighted by Gasteiger charge is 2.08. The molecule has 0 aliphatic carbocycles. The van der Waals surface area contributed by atoms with Gasteiger partial charge in [-0.05, 0) is 28.5 Å². The molecule has 1 unspecified atom stereocenters. The molecule has 1 atom stereocenters.